The van der Waals surface area contributed by atoms with Gasteiger partial charge >= 0.3 is 6.36 Å². The number of azide groups is 1. The van der Waals surface area contributed by atoms with Gasteiger partial charge in [-0.25, -0.2) is 0 Å². The summed E-state index contributed by atoms with van der Waals surface area (Å²) in [5.74, 6) is -0.969. The molecule has 25 heavy (non-hydrogen) atoms. The third-order valence-electron chi connectivity index (χ3n) is 2.96. The standard InChI is InChI=1S/C16H11F3N4O2/c17-16(18,19)25-14-7-3-12(4-8-14)10-21-9-11-1-5-13(6-2-11)15(24)22-23-20/h1-8,10H,9H2. The first kappa shape index (κ1) is 18.0. The summed E-state index contributed by atoms with van der Waals surface area (Å²) in [6.45, 7) is 0.316. The number of ether oxygens (including phenoxy) is 1. The molecule has 0 atom stereocenters. The predicted octanol–water partition coefficient (Wildman–Crippen LogP) is 4.65. The van der Waals surface area contributed by atoms with Crippen LogP contribution in [0.15, 0.2) is 58.6 Å². The average molecular weight is 348 g/mol. The van der Waals surface area contributed by atoms with Crippen LogP contribution in [0, 0.1) is 0 Å². The molecule has 0 aliphatic carbocycles. The molecular formula is C16H11F3N4O2. The summed E-state index contributed by atoms with van der Waals surface area (Å²) in [6.07, 6.45) is -3.21. The smallest absolute Gasteiger partial charge is 0.406 e. The van der Waals surface area contributed by atoms with E-state index in [0.29, 0.717) is 12.1 Å². The van der Waals surface area contributed by atoms with Crippen LogP contribution < -0.4 is 4.74 Å². The quantitative estimate of drug-likeness (QED) is 0.341. The lowest BCUT2D eigenvalue weighted by atomic mass is 10.1. The number of aliphatic imine (C=N–C) groups is 1. The Labute approximate surface area is 140 Å². The molecule has 9 heteroatoms. The van der Waals surface area contributed by atoms with E-state index in [0.717, 1.165) is 5.56 Å². The molecule has 0 N–H and O–H groups in total. The molecule has 0 saturated carbocycles. The van der Waals surface area contributed by atoms with Crippen LogP contribution in [0.3, 0.4) is 0 Å². The highest BCUT2D eigenvalue weighted by molar-refractivity contribution is 5.94. The van der Waals surface area contributed by atoms with Gasteiger partial charge < -0.3 is 4.74 Å². The molecule has 0 spiro atoms. The third kappa shape index (κ3) is 6.00. The van der Waals surface area contributed by atoms with Crippen molar-refractivity contribution < 1.29 is 22.7 Å². The van der Waals surface area contributed by atoms with Crippen molar-refractivity contribution >= 4 is 12.1 Å². The summed E-state index contributed by atoms with van der Waals surface area (Å²) in [5, 5.41) is 2.99. The number of benzene rings is 2. The van der Waals surface area contributed by atoms with E-state index in [4.69, 9.17) is 5.53 Å². The summed E-state index contributed by atoms with van der Waals surface area (Å²) < 4.78 is 40.0. The first-order chi connectivity index (χ1) is 11.9. The Kier molecular flexibility index (Phi) is 5.75. The Morgan fingerprint density at radius 1 is 1.12 bits per heavy atom. The monoisotopic (exact) mass is 348 g/mol. The van der Waals surface area contributed by atoms with Crippen LogP contribution in [0.25, 0.3) is 10.4 Å². The molecule has 0 radical (unpaired) electrons. The topological polar surface area (TPSA) is 87.4 Å². The van der Waals surface area contributed by atoms with Crippen molar-refractivity contribution in [3.8, 4) is 5.75 Å². The maximum absolute atomic E-state index is 12.1. The van der Waals surface area contributed by atoms with E-state index in [1.807, 2.05) is 0 Å². The highest BCUT2D eigenvalue weighted by Gasteiger charge is 2.30. The van der Waals surface area contributed by atoms with E-state index in [9.17, 15) is 18.0 Å². The Bertz CT molecular complexity index is 809. The predicted molar refractivity (Wildman–Crippen MR) is 84.3 cm³/mol. The van der Waals surface area contributed by atoms with Crippen LogP contribution in [0.1, 0.15) is 21.5 Å². The number of carbonyl (C=O) groups excluding carboxylic acids is 1. The molecule has 0 fully saturated rings. The fourth-order valence-corrected chi connectivity index (χ4v) is 1.86. The number of carbonyl (C=O) groups is 1. The number of hydrogen-bond donors (Lipinski definition) is 0. The summed E-state index contributed by atoms with van der Waals surface area (Å²) in [4.78, 5) is 17.9. The van der Waals surface area contributed by atoms with Gasteiger partial charge in [0.25, 0.3) is 0 Å². The first-order valence-corrected chi connectivity index (χ1v) is 6.91. The fraction of sp³-hybridized carbons (Fsp3) is 0.125. The highest BCUT2D eigenvalue weighted by Crippen LogP contribution is 2.22. The SMILES string of the molecule is [N-]=[N+]=NC(=O)c1ccc(CN=Cc2ccc(OC(F)(F)F)cc2)cc1. The third-order valence-corrected chi connectivity index (χ3v) is 2.96. The normalized spacial score (nSPS) is 11.2. The van der Waals surface area contributed by atoms with Crippen molar-refractivity contribution in [2.24, 2.45) is 10.1 Å². The first-order valence-electron chi connectivity index (χ1n) is 6.91. The second-order valence-electron chi connectivity index (χ2n) is 4.78. The Morgan fingerprint density at radius 3 is 2.32 bits per heavy atom. The lowest BCUT2D eigenvalue weighted by Gasteiger charge is -2.08. The molecule has 0 aliphatic rings. The van der Waals surface area contributed by atoms with Gasteiger partial charge in [-0.15, -0.1) is 13.2 Å². The van der Waals surface area contributed by atoms with Crippen LogP contribution in [0.4, 0.5) is 13.2 Å². The van der Waals surface area contributed by atoms with Gasteiger partial charge in [0.1, 0.15) is 5.75 Å². The summed E-state index contributed by atoms with van der Waals surface area (Å²) in [5.41, 5.74) is 9.90. The maximum atomic E-state index is 12.1. The Hall–Kier alpha value is -3.32. The Morgan fingerprint density at radius 2 is 1.76 bits per heavy atom. The highest BCUT2D eigenvalue weighted by atomic mass is 19.4. The summed E-state index contributed by atoms with van der Waals surface area (Å²) in [7, 11) is 0. The second kappa shape index (κ2) is 7.98. The molecular weight excluding hydrogens is 337 g/mol. The number of rotatable bonds is 5. The van der Waals surface area contributed by atoms with Crippen molar-refractivity contribution in [1.82, 2.24) is 0 Å². The van der Waals surface area contributed by atoms with Crippen LogP contribution in [0.2, 0.25) is 0 Å². The van der Waals surface area contributed by atoms with Crippen LogP contribution in [-0.2, 0) is 6.54 Å². The van der Waals surface area contributed by atoms with Gasteiger partial charge in [0.2, 0.25) is 5.91 Å². The zero-order chi connectivity index (χ0) is 18.3. The molecule has 0 heterocycles. The number of nitrogens with zero attached hydrogens (tertiary/aromatic N) is 4. The molecule has 1 amide bonds. The lowest BCUT2D eigenvalue weighted by molar-refractivity contribution is -0.274. The Balaban J connectivity index is 1.94. The molecule has 128 valence electrons. The van der Waals surface area contributed by atoms with Crippen LogP contribution in [-0.4, -0.2) is 18.5 Å². The molecule has 0 aliphatic heterocycles. The van der Waals surface area contributed by atoms with Gasteiger partial charge in [0.15, 0.2) is 0 Å². The van der Waals surface area contributed by atoms with Crippen molar-refractivity contribution in [3.05, 3.63) is 75.7 Å². The number of amides is 1. The summed E-state index contributed by atoms with van der Waals surface area (Å²) in [6, 6.07) is 11.7. The molecule has 0 saturated heterocycles. The van der Waals surface area contributed by atoms with E-state index in [2.05, 4.69) is 19.8 Å². The number of hydrogen-bond acceptors (Lipinski definition) is 3. The van der Waals surface area contributed by atoms with E-state index < -0.39 is 12.3 Å². The molecule has 6 nitrogen and oxygen atoms in total. The van der Waals surface area contributed by atoms with Gasteiger partial charge in [0.05, 0.1) is 6.54 Å². The van der Waals surface area contributed by atoms with E-state index in [1.54, 1.807) is 12.1 Å². The lowest BCUT2D eigenvalue weighted by Crippen LogP contribution is -2.16. The maximum Gasteiger partial charge on any atom is 0.573 e. The van der Waals surface area contributed by atoms with E-state index in [-0.39, 0.29) is 11.3 Å². The number of alkyl halides is 3. The van der Waals surface area contributed by atoms with Gasteiger partial charge in [0, 0.05) is 16.7 Å². The minimum Gasteiger partial charge on any atom is -0.406 e. The van der Waals surface area contributed by atoms with Gasteiger partial charge in [-0.05, 0) is 46.0 Å². The molecule has 2 aromatic carbocycles. The van der Waals surface area contributed by atoms with Gasteiger partial charge in [-0.1, -0.05) is 24.3 Å². The van der Waals surface area contributed by atoms with E-state index >= 15 is 0 Å². The van der Waals surface area contributed by atoms with Crippen molar-refractivity contribution in [1.29, 1.82) is 0 Å². The molecule has 2 rings (SSSR count). The molecule has 2 aromatic rings. The fourth-order valence-electron chi connectivity index (χ4n) is 1.86. The minimum atomic E-state index is -4.72. The molecule has 0 unspecified atom stereocenters. The average Bonchev–Trinajstić information content (AvgIpc) is 2.56. The molecule has 0 aromatic heterocycles. The van der Waals surface area contributed by atoms with Crippen LogP contribution in [0.5, 0.6) is 5.75 Å². The number of halogens is 3. The zero-order valence-electron chi connectivity index (χ0n) is 12.6. The van der Waals surface area contributed by atoms with E-state index in [1.165, 1.54) is 42.6 Å². The van der Waals surface area contributed by atoms with Crippen molar-refractivity contribution in [2.45, 2.75) is 12.9 Å². The zero-order valence-corrected chi connectivity index (χ0v) is 12.6. The van der Waals surface area contributed by atoms with Crippen molar-refractivity contribution in [2.75, 3.05) is 0 Å². The van der Waals surface area contributed by atoms with Gasteiger partial charge in [-0.3, -0.25) is 9.79 Å². The minimum absolute atomic E-state index is 0.269. The largest absolute Gasteiger partial charge is 0.573 e. The van der Waals surface area contributed by atoms with Gasteiger partial charge in [-0.2, -0.15) is 0 Å². The molecule has 0 bridgehead atoms. The van der Waals surface area contributed by atoms with Crippen LogP contribution >= 0.6 is 0 Å². The second-order valence-corrected chi connectivity index (χ2v) is 4.78. The summed E-state index contributed by atoms with van der Waals surface area (Å²) >= 11 is 0. The van der Waals surface area contributed by atoms with Crippen molar-refractivity contribution in [3.63, 3.8) is 0 Å².